The van der Waals surface area contributed by atoms with E-state index in [-0.39, 0.29) is 11.7 Å². The number of nitrogens with zero attached hydrogens (tertiary/aromatic N) is 4. The highest BCUT2D eigenvalue weighted by Gasteiger charge is 2.25. The Morgan fingerprint density at radius 3 is 2.57 bits per heavy atom. The smallest absolute Gasteiger partial charge is 0.295 e. The highest BCUT2D eigenvalue weighted by atomic mass is 16.5. The van der Waals surface area contributed by atoms with Gasteiger partial charge in [0.05, 0.1) is 7.11 Å². The van der Waals surface area contributed by atoms with E-state index in [0.29, 0.717) is 11.6 Å². The Morgan fingerprint density at radius 2 is 1.90 bits per heavy atom. The maximum absolute atomic E-state index is 12.2. The number of hydrazine groups is 1. The van der Waals surface area contributed by atoms with Crippen molar-refractivity contribution in [2.24, 2.45) is 0 Å². The van der Waals surface area contributed by atoms with Crippen LogP contribution in [-0.2, 0) is 0 Å². The van der Waals surface area contributed by atoms with Crippen LogP contribution in [-0.4, -0.2) is 29.0 Å². The molecule has 0 saturated carbocycles. The fourth-order valence-corrected chi connectivity index (χ4v) is 2.15. The van der Waals surface area contributed by atoms with Crippen molar-refractivity contribution in [3.8, 4) is 5.75 Å². The van der Waals surface area contributed by atoms with E-state index in [1.807, 2.05) is 24.3 Å². The third kappa shape index (κ3) is 2.29. The van der Waals surface area contributed by atoms with Crippen LogP contribution < -0.4 is 26.2 Å². The van der Waals surface area contributed by atoms with E-state index < -0.39 is 0 Å². The summed E-state index contributed by atoms with van der Waals surface area (Å²) in [6.45, 7) is 1.63. The van der Waals surface area contributed by atoms with Gasteiger partial charge in [-0.1, -0.05) is 12.1 Å². The zero-order chi connectivity index (χ0) is 15.0. The third-order valence-corrected chi connectivity index (χ3v) is 3.33. The van der Waals surface area contributed by atoms with E-state index >= 15 is 0 Å². The minimum absolute atomic E-state index is 0.216. The topological polar surface area (TPSA) is 84.3 Å². The summed E-state index contributed by atoms with van der Waals surface area (Å²) in [7, 11) is 3.41. The summed E-state index contributed by atoms with van der Waals surface area (Å²) in [6.07, 6.45) is -0.255. The molecule has 110 valence electrons. The Morgan fingerprint density at radius 1 is 1.19 bits per heavy atom. The normalized spacial score (nSPS) is 17.1. The number of hydrogen-bond donors (Lipinski definition) is 2. The van der Waals surface area contributed by atoms with Gasteiger partial charge in [0.15, 0.2) is 0 Å². The summed E-state index contributed by atoms with van der Waals surface area (Å²) < 4.78 is 6.54. The summed E-state index contributed by atoms with van der Waals surface area (Å²) >= 11 is 0. The number of anilines is 1. The molecule has 8 nitrogen and oxygen atoms in total. The van der Waals surface area contributed by atoms with Crippen molar-refractivity contribution in [2.75, 3.05) is 24.6 Å². The molecule has 0 bridgehead atoms. The van der Waals surface area contributed by atoms with E-state index in [4.69, 9.17) is 4.74 Å². The van der Waals surface area contributed by atoms with E-state index in [9.17, 15) is 4.79 Å². The van der Waals surface area contributed by atoms with Crippen molar-refractivity contribution in [3.05, 3.63) is 45.9 Å². The summed E-state index contributed by atoms with van der Waals surface area (Å²) in [4.78, 5) is 12.2. The van der Waals surface area contributed by atoms with Crippen LogP contribution in [0.5, 0.6) is 5.75 Å². The van der Waals surface area contributed by atoms with Gasteiger partial charge < -0.3 is 4.74 Å². The number of nitrogens with one attached hydrogen (secondary N) is 2. The second-order valence-corrected chi connectivity index (χ2v) is 4.75. The zero-order valence-corrected chi connectivity index (χ0v) is 12.0. The van der Waals surface area contributed by atoms with Crippen molar-refractivity contribution >= 4 is 5.95 Å². The van der Waals surface area contributed by atoms with E-state index in [2.05, 4.69) is 21.0 Å². The Hall–Kier alpha value is -2.61. The first kappa shape index (κ1) is 13.4. The lowest BCUT2D eigenvalue weighted by atomic mass is 10.2. The standard InChI is InChI=1S/C13H16N6O2/c1-8-12(20)19-13(15-14-8)18(2)16-11(17-19)9-4-6-10(21-3)7-5-9/h4-7,11,16-17H,1-3H3. The zero-order valence-electron chi connectivity index (χ0n) is 12.0. The molecule has 1 aromatic heterocycles. The molecule has 2 heterocycles. The molecule has 2 N–H and O–H groups in total. The van der Waals surface area contributed by atoms with Crippen molar-refractivity contribution in [2.45, 2.75) is 13.1 Å². The van der Waals surface area contributed by atoms with E-state index in [0.717, 1.165) is 11.3 Å². The molecular formula is C13H16N6O2. The first-order valence-corrected chi connectivity index (χ1v) is 6.47. The number of rotatable bonds is 2. The van der Waals surface area contributed by atoms with Gasteiger partial charge in [-0.15, -0.1) is 10.2 Å². The molecule has 1 aliphatic heterocycles. The molecule has 0 aliphatic carbocycles. The monoisotopic (exact) mass is 288 g/mol. The third-order valence-electron chi connectivity index (χ3n) is 3.33. The number of benzene rings is 1. The maximum atomic E-state index is 12.2. The van der Waals surface area contributed by atoms with E-state index in [1.165, 1.54) is 4.68 Å². The molecule has 2 aromatic rings. The Balaban J connectivity index is 1.97. The predicted octanol–water partition coefficient (Wildman–Crippen LogP) is 0.152. The van der Waals surface area contributed by atoms with Gasteiger partial charge in [0.25, 0.3) is 11.5 Å². The minimum Gasteiger partial charge on any atom is -0.497 e. The van der Waals surface area contributed by atoms with Gasteiger partial charge >= 0.3 is 0 Å². The van der Waals surface area contributed by atoms with Crippen LogP contribution >= 0.6 is 0 Å². The lowest BCUT2D eigenvalue weighted by Crippen LogP contribution is -2.54. The van der Waals surface area contributed by atoms with Gasteiger partial charge in [0.1, 0.15) is 17.6 Å². The van der Waals surface area contributed by atoms with Crippen LogP contribution in [0.4, 0.5) is 5.95 Å². The number of methoxy groups -OCH3 is 1. The number of ether oxygens (including phenoxy) is 1. The minimum atomic E-state index is -0.255. The average Bonchev–Trinajstić information content (AvgIpc) is 2.51. The van der Waals surface area contributed by atoms with Gasteiger partial charge in [-0.3, -0.25) is 15.2 Å². The Bertz CT molecular complexity index is 712. The number of aromatic nitrogens is 3. The van der Waals surface area contributed by atoms with Gasteiger partial charge in [0.2, 0.25) is 0 Å². The van der Waals surface area contributed by atoms with Crippen LogP contribution in [0, 0.1) is 6.92 Å². The van der Waals surface area contributed by atoms with Crippen molar-refractivity contribution in [3.63, 3.8) is 0 Å². The molecule has 0 fully saturated rings. The van der Waals surface area contributed by atoms with Crippen molar-refractivity contribution in [1.29, 1.82) is 0 Å². The number of aryl methyl sites for hydroxylation is 1. The fraction of sp³-hybridized carbons (Fsp3) is 0.308. The van der Waals surface area contributed by atoms with Crippen LogP contribution in [0.1, 0.15) is 17.4 Å². The summed E-state index contributed by atoms with van der Waals surface area (Å²) in [5.74, 6) is 1.19. The van der Waals surface area contributed by atoms with Gasteiger partial charge in [-0.05, 0) is 24.6 Å². The molecule has 8 heteroatoms. The fourth-order valence-electron chi connectivity index (χ4n) is 2.15. The van der Waals surface area contributed by atoms with Crippen LogP contribution in [0.25, 0.3) is 0 Å². The van der Waals surface area contributed by atoms with Crippen LogP contribution in [0.15, 0.2) is 29.1 Å². The largest absolute Gasteiger partial charge is 0.497 e. The molecule has 1 aromatic carbocycles. The molecule has 0 saturated heterocycles. The summed E-state index contributed by atoms with van der Waals surface area (Å²) in [6, 6.07) is 7.59. The molecule has 3 rings (SSSR count). The highest BCUT2D eigenvalue weighted by Crippen LogP contribution is 2.20. The van der Waals surface area contributed by atoms with Gasteiger partial charge in [-0.2, -0.15) is 4.68 Å². The lowest BCUT2D eigenvalue weighted by Gasteiger charge is -2.35. The number of fused-ring (bicyclic) bond motifs is 1. The molecule has 1 aliphatic rings. The Labute approximate surface area is 121 Å². The number of hydrogen-bond acceptors (Lipinski definition) is 7. The Kier molecular flexibility index (Phi) is 3.22. The molecule has 1 atom stereocenters. The second-order valence-electron chi connectivity index (χ2n) is 4.75. The molecule has 1 unspecified atom stereocenters. The van der Waals surface area contributed by atoms with Crippen LogP contribution in [0.2, 0.25) is 0 Å². The summed E-state index contributed by atoms with van der Waals surface area (Å²) in [5.41, 5.74) is 7.38. The highest BCUT2D eigenvalue weighted by molar-refractivity contribution is 5.36. The quantitative estimate of drug-likeness (QED) is 0.814. The molecule has 0 spiro atoms. The second kappa shape index (κ2) is 5.06. The molecule has 0 amide bonds. The van der Waals surface area contributed by atoms with Gasteiger partial charge in [-0.25, -0.2) is 5.43 Å². The molecular weight excluding hydrogens is 272 g/mol. The molecule has 0 radical (unpaired) electrons. The SMILES string of the molecule is COc1ccc(C2NN(C)c3nnc(C)c(=O)n3N2)cc1. The maximum Gasteiger partial charge on any atom is 0.295 e. The van der Waals surface area contributed by atoms with Crippen molar-refractivity contribution < 1.29 is 4.74 Å². The van der Waals surface area contributed by atoms with Gasteiger partial charge in [0, 0.05) is 7.05 Å². The lowest BCUT2D eigenvalue weighted by molar-refractivity contribution is 0.413. The average molecular weight is 288 g/mol. The molecule has 21 heavy (non-hydrogen) atoms. The first-order chi connectivity index (χ1) is 10.1. The summed E-state index contributed by atoms with van der Waals surface area (Å²) in [5, 5.41) is 9.52. The van der Waals surface area contributed by atoms with E-state index in [1.54, 1.807) is 26.1 Å². The van der Waals surface area contributed by atoms with Crippen molar-refractivity contribution in [1.82, 2.24) is 20.3 Å². The predicted molar refractivity (Wildman–Crippen MR) is 77.7 cm³/mol. The van der Waals surface area contributed by atoms with Crippen LogP contribution in [0.3, 0.4) is 0 Å². The first-order valence-electron chi connectivity index (χ1n) is 6.47.